The number of hydrogen-bond donors (Lipinski definition) is 1. The number of nitrogens with one attached hydrogen (secondary N) is 1. The van der Waals surface area contributed by atoms with Gasteiger partial charge in [-0.25, -0.2) is 4.39 Å². The Balaban J connectivity index is 2.60. The molecule has 0 heterocycles. The van der Waals surface area contributed by atoms with Crippen LogP contribution < -0.4 is 5.32 Å². The zero-order valence-electron chi connectivity index (χ0n) is 11.3. The van der Waals surface area contributed by atoms with Gasteiger partial charge in [-0.1, -0.05) is 44.7 Å². The SMILES string of the molecule is CCCCCC(Cc1cc(Cl)ccc1F)NCC. The van der Waals surface area contributed by atoms with E-state index < -0.39 is 0 Å². The van der Waals surface area contributed by atoms with E-state index in [4.69, 9.17) is 11.6 Å². The van der Waals surface area contributed by atoms with Crippen molar-refractivity contribution in [3.8, 4) is 0 Å². The molecule has 0 saturated carbocycles. The molecule has 0 aliphatic carbocycles. The van der Waals surface area contributed by atoms with Gasteiger partial charge in [0.2, 0.25) is 0 Å². The van der Waals surface area contributed by atoms with E-state index in [2.05, 4.69) is 19.2 Å². The van der Waals surface area contributed by atoms with Crippen LogP contribution in [0.15, 0.2) is 18.2 Å². The molecule has 1 rings (SSSR count). The predicted octanol–water partition coefficient (Wildman–Crippen LogP) is 4.58. The van der Waals surface area contributed by atoms with Crippen molar-refractivity contribution in [1.29, 1.82) is 0 Å². The molecule has 1 N–H and O–H groups in total. The number of benzene rings is 1. The van der Waals surface area contributed by atoms with Crippen LogP contribution in [0.3, 0.4) is 0 Å². The summed E-state index contributed by atoms with van der Waals surface area (Å²) in [5.74, 6) is -0.155. The lowest BCUT2D eigenvalue weighted by molar-refractivity contribution is 0.459. The second kappa shape index (κ2) is 8.49. The van der Waals surface area contributed by atoms with Gasteiger partial charge >= 0.3 is 0 Å². The molecule has 1 aromatic rings. The Labute approximate surface area is 115 Å². The summed E-state index contributed by atoms with van der Waals surface area (Å²) in [7, 11) is 0. The zero-order chi connectivity index (χ0) is 13.4. The van der Waals surface area contributed by atoms with Gasteiger partial charge in [-0.2, -0.15) is 0 Å². The first-order valence-corrected chi connectivity index (χ1v) is 7.22. The molecule has 0 aliphatic heterocycles. The fourth-order valence-corrected chi connectivity index (χ4v) is 2.37. The first kappa shape index (κ1) is 15.5. The van der Waals surface area contributed by atoms with Gasteiger partial charge in [-0.3, -0.25) is 0 Å². The standard InChI is InChI=1S/C15H23ClFN/c1-3-5-6-7-14(18-4-2)11-12-10-13(16)8-9-15(12)17/h8-10,14,18H,3-7,11H2,1-2H3. The third-order valence-corrected chi connectivity index (χ3v) is 3.36. The van der Waals surface area contributed by atoms with E-state index in [0.29, 0.717) is 23.0 Å². The second-order valence-electron chi connectivity index (χ2n) is 4.69. The van der Waals surface area contributed by atoms with Crippen LogP contribution in [-0.4, -0.2) is 12.6 Å². The Bertz CT molecular complexity index is 354. The molecule has 0 fully saturated rings. The maximum Gasteiger partial charge on any atom is 0.126 e. The van der Waals surface area contributed by atoms with Crippen LogP contribution in [0.2, 0.25) is 5.02 Å². The van der Waals surface area contributed by atoms with E-state index in [0.717, 1.165) is 13.0 Å². The number of halogens is 2. The van der Waals surface area contributed by atoms with Gasteiger partial charge in [0, 0.05) is 11.1 Å². The lowest BCUT2D eigenvalue weighted by Crippen LogP contribution is -2.31. The molecule has 0 spiro atoms. The fourth-order valence-electron chi connectivity index (χ4n) is 2.17. The van der Waals surface area contributed by atoms with Gasteiger partial charge in [-0.15, -0.1) is 0 Å². The van der Waals surface area contributed by atoms with Crippen molar-refractivity contribution >= 4 is 11.6 Å². The molecule has 0 aromatic heterocycles. The van der Waals surface area contributed by atoms with E-state index in [-0.39, 0.29) is 5.82 Å². The average molecular weight is 272 g/mol. The molecule has 1 atom stereocenters. The second-order valence-corrected chi connectivity index (χ2v) is 5.13. The fraction of sp³-hybridized carbons (Fsp3) is 0.600. The summed E-state index contributed by atoms with van der Waals surface area (Å²) in [5.41, 5.74) is 0.713. The van der Waals surface area contributed by atoms with Crippen LogP contribution in [0.25, 0.3) is 0 Å². The molecule has 1 nitrogen and oxygen atoms in total. The number of hydrogen-bond acceptors (Lipinski definition) is 1. The van der Waals surface area contributed by atoms with E-state index in [1.807, 2.05) is 0 Å². The minimum absolute atomic E-state index is 0.155. The molecular weight excluding hydrogens is 249 g/mol. The van der Waals surface area contributed by atoms with E-state index in [1.165, 1.54) is 25.3 Å². The van der Waals surface area contributed by atoms with Crippen LogP contribution >= 0.6 is 11.6 Å². The van der Waals surface area contributed by atoms with E-state index in [1.54, 1.807) is 12.1 Å². The van der Waals surface area contributed by atoms with Crippen molar-refractivity contribution in [3.05, 3.63) is 34.6 Å². The number of unbranched alkanes of at least 4 members (excludes halogenated alkanes) is 2. The van der Waals surface area contributed by atoms with Gasteiger partial charge < -0.3 is 5.32 Å². The van der Waals surface area contributed by atoms with Crippen molar-refractivity contribution in [2.75, 3.05) is 6.54 Å². The van der Waals surface area contributed by atoms with Crippen LogP contribution in [0.4, 0.5) is 4.39 Å². The predicted molar refractivity (Wildman–Crippen MR) is 76.7 cm³/mol. The van der Waals surface area contributed by atoms with Crippen molar-refractivity contribution < 1.29 is 4.39 Å². The van der Waals surface area contributed by atoms with Gasteiger partial charge in [0.25, 0.3) is 0 Å². The highest BCUT2D eigenvalue weighted by molar-refractivity contribution is 6.30. The molecule has 0 aliphatic rings. The van der Waals surface area contributed by atoms with E-state index >= 15 is 0 Å². The number of likely N-dealkylation sites (N-methyl/N-ethyl adjacent to an activating group) is 1. The Hall–Kier alpha value is -0.600. The summed E-state index contributed by atoms with van der Waals surface area (Å²) in [4.78, 5) is 0. The molecule has 0 amide bonds. The molecule has 102 valence electrons. The Kier molecular flexibility index (Phi) is 7.29. The summed E-state index contributed by atoms with van der Waals surface area (Å²) in [6.45, 7) is 5.19. The summed E-state index contributed by atoms with van der Waals surface area (Å²) in [6.07, 6.45) is 5.44. The van der Waals surface area contributed by atoms with Crippen molar-refractivity contribution in [2.24, 2.45) is 0 Å². The molecule has 1 aromatic carbocycles. The topological polar surface area (TPSA) is 12.0 Å². The van der Waals surface area contributed by atoms with Crippen molar-refractivity contribution in [2.45, 2.75) is 52.0 Å². The largest absolute Gasteiger partial charge is 0.314 e. The Morgan fingerprint density at radius 1 is 1.28 bits per heavy atom. The highest BCUT2D eigenvalue weighted by atomic mass is 35.5. The zero-order valence-corrected chi connectivity index (χ0v) is 12.1. The first-order valence-electron chi connectivity index (χ1n) is 6.84. The summed E-state index contributed by atoms with van der Waals surface area (Å²) in [6, 6.07) is 5.13. The highest BCUT2D eigenvalue weighted by Crippen LogP contribution is 2.18. The van der Waals surface area contributed by atoms with Gasteiger partial charge in [0.1, 0.15) is 5.82 Å². The molecule has 0 saturated heterocycles. The van der Waals surface area contributed by atoms with Gasteiger partial charge in [-0.05, 0) is 43.1 Å². The Morgan fingerprint density at radius 3 is 2.72 bits per heavy atom. The summed E-state index contributed by atoms with van der Waals surface area (Å²) < 4.78 is 13.7. The molecule has 0 radical (unpaired) electrons. The Morgan fingerprint density at radius 2 is 2.06 bits per heavy atom. The average Bonchev–Trinajstić information content (AvgIpc) is 2.34. The molecule has 0 bridgehead atoms. The van der Waals surface area contributed by atoms with Crippen LogP contribution in [-0.2, 0) is 6.42 Å². The third kappa shape index (κ3) is 5.36. The molecule has 1 unspecified atom stereocenters. The quantitative estimate of drug-likeness (QED) is 0.683. The van der Waals surface area contributed by atoms with Crippen molar-refractivity contribution in [1.82, 2.24) is 5.32 Å². The normalized spacial score (nSPS) is 12.7. The first-order chi connectivity index (χ1) is 8.67. The summed E-state index contributed by atoms with van der Waals surface area (Å²) in [5, 5.41) is 4.03. The maximum absolute atomic E-state index is 13.7. The smallest absolute Gasteiger partial charge is 0.126 e. The molecule has 3 heteroatoms. The third-order valence-electron chi connectivity index (χ3n) is 3.12. The number of rotatable bonds is 8. The minimum atomic E-state index is -0.155. The van der Waals surface area contributed by atoms with Crippen molar-refractivity contribution in [3.63, 3.8) is 0 Å². The molecular formula is C15H23ClFN. The lowest BCUT2D eigenvalue weighted by Gasteiger charge is -2.18. The van der Waals surface area contributed by atoms with Gasteiger partial charge in [0.05, 0.1) is 0 Å². The highest BCUT2D eigenvalue weighted by Gasteiger charge is 2.11. The van der Waals surface area contributed by atoms with Crippen LogP contribution in [0.5, 0.6) is 0 Å². The maximum atomic E-state index is 13.7. The monoisotopic (exact) mass is 271 g/mol. The van der Waals surface area contributed by atoms with E-state index in [9.17, 15) is 4.39 Å². The minimum Gasteiger partial charge on any atom is -0.314 e. The lowest BCUT2D eigenvalue weighted by atomic mass is 10.00. The van der Waals surface area contributed by atoms with Gasteiger partial charge in [0.15, 0.2) is 0 Å². The van der Waals surface area contributed by atoms with Crippen LogP contribution in [0, 0.1) is 5.82 Å². The molecule has 18 heavy (non-hydrogen) atoms. The van der Waals surface area contributed by atoms with Crippen LogP contribution in [0.1, 0.15) is 45.1 Å². The summed E-state index contributed by atoms with van der Waals surface area (Å²) >= 11 is 5.92.